The summed E-state index contributed by atoms with van der Waals surface area (Å²) in [5.41, 5.74) is 1.23. The van der Waals surface area contributed by atoms with Crippen molar-refractivity contribution in [3.8, 4) is 5.75 Å². The van der Waals surface area contributed by atoms with Crippen molar-refractivity contribution in [2.75, 3.05) is 6.54 Å². The Bertz CT molecular complexity index is 312. The van der Waals surface area contributed by atoms with Gasteiger partial charge in [0.25, 0.3) is 0 Å². The number of ether oxygens (including phenoxy) is 1. The van der Waals surface area contributed by atoms with E-state index in [4.69, 9.17) is 4.74 Å². The molecule has 84 valence electrons. The first kappa shape index (κ1) is 12.5. The topological polar surface area (TPSA) is 21.3 Å². The van der Waals surface area contributed by atoms with Crippen molar-refractivity contribution in [2.45, 2.75) is 33.4 Å². The molecule has 0 atom stereocenters. The summed E-state index contributed by atoms with van der Waals surface area (Å²) in [7, 11) is 0. The third-order valence-electron chi connectivity index (χ3n) is 1.95. The molecule has 3 heteroatoms. The van der Waals surface area contributed by atoms with Crippen LogP contribution in [0.4, 0.5) is 0 Å². The van der Waals surface area contributed by atoms with E-state index in [1.54, 1.807) is 0 Å². The van der Waals surface area contributed by atoms with Crippen LogP contribution < -0.4 is 10.1 Å². The van der Waals surface area contributed by atoms with E-state index < -0.39 is 0 Å². The highest BCUT2D eigenvalue weighted by molar-refractivity contribution is 9.10. The molecule has 0 aliphatic rings. The molecule has 0 unspecified atom stereocenters. The Morgan fingerprint density at radius 3 is 2.73 bits per heavy atom. The largest absolute Gasteiger partial charge is 0.491 e. The number of rotatable bonds is 5. The van der Waals surface area contributed by atoms with Gasteiger partial charge in [0, 0.05) is 11.0 Å². The summed E-state index contributed by atoms with van der Waals surface area (Å²) >= 11 is 3.53. The molecular formula is C12H18BrNO. The Balaban J connectivity index is 2.75. The van der Waals surface area contributed by atoms with Gasteiger partial charge in [-0.25, -0.2) is 0 Å². The predicted octanol–water partition coefficient (Wildman–Crippen LogP) is 3.35. The van der Waals surface area contributed by atoms with Gasteiger partial charge in [0.1, 0.15) is 5.75 Å². The van der Waals surface area contributed by atoms with Crippen LogP contribution >= 0.6 is 15.9 Å². The van der Waals surface area contributed by atoms with Crippen LogP contribution in [-0.2, 0) is 6.54 Å². The molecule has 1 aromatic rings. The summed E-state index contributed by atoms with van der Waals surface area (Å²) in [5, 5.41) is 3.30. The average molecular weight is 272 g/mol. The van der Waals surface area contributed by atoms with Crippen LogP contribution in [-0.4, -0.2) is 12.6 Å². The molecule has 0 bridgehead atoms. The molecule has 15 heavy (non-hydrogen) atoms. The van der Waals surface area contributed by atoms with Gasteiger partial charge in [0.2, 0.25) is 0 Å². The fourth-order valence-corrected chi connectivity index (χ4v) is 1.68. The van der Waals surface area contributed by atoms with Crippen molar-refractivity contribution < 1.29 is 4.74 Å². The standard InChI is InChI=1S/C12H18BrNO/c1-4-14-8-10-7-11(15-9(2)3)5-6-12(10)13/h5-7,9,14H,4,8H2,1-3H3. The van der Waals surface area contributed by atoms with Gasteiger partial charge in [-0.1, -0.05) is 22.9 Å². The van der Waals surface area contributed by atoms with Gasteiger partial charge in [0.15, 0.2) is 0 Å². The molecule has 0 fully saturated rings. The van der Waals surface area contributed by atoms with Crippen molar-refractivity contribution >= 4 is 15.9 Å². The number of nitrogens with one attached hydrogen (secondary N) is 1. The zero-order valence-corrected chi connectivity index (χ0v) is 11.1. The van der Waals surface area contributed by atoms with Crippen LogP contribution in [0.5, 0.6) is 5.75 Å². The maximum atomic E-state index is 5.64. The average Bonchev–Trinajstić information content (AvgIpc) is 2.18. The van der Waals surface area contributed by atoms with Crippen molar-refractivity contribution in [2.24, 2.45) is 0 Å². The van der Waals surface area contributed by atoms with Crippen LogP contribution in [0.25, 0.3) is 0 Å². The first-order valence-electron chi connectivity index (χ1n) is 5.29. The zero-order chi connectivity index (χ0) is 11.3. The highest BCUT2D eigenvalue weighted by Gasteiger charge is 2.03. The quantitative estimate of drug-likeness (QED) is 0.887. The minimum absolute atomic E-state index is 0.221. The molecule has 2 nitrogen and oxygen atoms in total. The van der Waals surface area contributed by atoms with Gasteiger partial charge in [0.05, 0.1) is 6.10 Å². The highest BCUT2D eigenvalue weighted by Crippen LogP contribution is 2.23. The van der Waals surface area contributed by atoms with Crippen LogP contribution in [0, 0.1) is 0 Å². The van der Waals surface area contributed by atoms with Crippen molar-refractivity contribution in [1.82, 2.24) is 5.32 Å². The van der Waals surface area contributed by atoms with Gasteiger partial charge in [-0.05, 0) is 44.2 Å². The summed E-state index contributed by atoms with van der Waals surface area (Å²) in [5.74, 6) is 0.932. The molecule has 1 rings (SSSR count). The first-order valence-corrected chi connectivity index (χ1v) is 6.08. The molecule has 0 radical (unpaired) electrons. The lowest BCUT2D eigenvalue weighted by atomic mass is 10.2. The molecule has 0 amide bonds. The number of hydrogen-bond donors (Lipinski definition) is 1. The van der Waals surface area contributed by atoms with Crippen molar-refractivity contribution in [3.05, 3.63) is 28.2 Å². The summed E-state index contributed by atoms with van der Waals surface area (Å²) < 4.78 is 6.77. The molecule has 0 aliphatic carbocycles. The van der Waals surface area contributed by atoms with Crippen LogP contribution in [0.15, 0.2) is 22.7 Å². The molecule has 1 N–H and O–H groups in total. The van der Waals surface area contributed by atoms with E-state index in [1.807, 2.05) is 26.0 Å². The molecule has 0 aromatic heterocycles. The van der Waals surface area contributed by atoms with E-state index in [1.165, 1.54) is 5.56 Å². The fourth-order valence-electron chi connectivity index (χ4n) is 1.29. The van der Waals surface area contributed by atoms with E-state index in [0.717, 1.165) is 23.3 Å². The highest BCUT2D eigenvalue weighted by atomic mass is 79.9. The van der Waals surface area contributed by atoms with Crippen molar-refractivity contribution in [3.63, 3.8) is 0 Å². The summed E-state index contributed by atoms with van der Waals surface area (Å²) in [6, 6.07) is 6.09. The molecule has 0 aliphatic heterocycles. The summed E-state index contributed by atoms with van der Waals surface area (Å²) in [6.07, 6.45) is 0.221. The molecule has 0 saturated heterocycles. The lowest BCUT2D eigenvalue weighted by Crippen LogP contribution is -2.12. The summed E-state index contributed by atoms with van der Waals surface area (Å²) in [4.78, 5) is 0. The second-order valence-corrected chi connectivity index (χ2v) is 4.55. The Morgan fingerprint density at radius 1 is 1.40 bits per heavy atom. The maximum Gasteiger partial charge on any atom is 0.120 e. The Labute approximate surface area is 100 Å². The van der Waals surface area contributed by atoms with E-state index in [2.05, 4.69) is 34.2 Å². The molecule has 0 spiro atoms. The minimum Gasteiger partial charge on any atom is -0.491 e. The lowest BCUT2D eigenvalue weighted by Gasteiger charge is -2.12. The van der Waals surface area contributed by atoms with Gasteiger partial charge >= 0.3 is 0 Å². The van der Waals surface area contributed by atoms with Crippen molar-refractivity contribution in [1.29, 1.82) is 0 Å². The zero-order valence-electron chi connectivity index (χ0n) is 9.51. The van der Waals surface area contributed by atoms with Gasteiger partial charge < -0.3 is 10.1 Å². The van der Waals surface area contributed by atoms with Crippen LogP contribution in [0.3, 0.4) is 0 Å². The Morgan fingerprint density at radius 2 is 2.13 bits per heavy atom. The molecular weight excluding hydrogens is 254 g/mol. The lowest BCUT2D eigenvalue weighted by molar-refractivity contribution is 0.242. The van der Waals surface area contributed by atoms with E-state index in [-0.39, 0.29) is 6.10 Å². The SMILES string of the molecule is CCNCc1cc(OC(C)C)ccc1Br. The van der Waals surface area contributed by atoms with Gasteiger partial charge in [-0.2, -0.15) is 0 Å². The van der Waals surface area contributed by atoms with E-state index >= 15 is 0 Å². The maximum absolute atomic E-state index is 5.64. The number of benzene rings is 1. The summed E-state index contributed by atoms with van der Waals surface area (Å²) in [6.45, 7) is 8.01. The Kier molecular flexibility index (Phi) is 5.12. The number of hydrogen-bond acceptors (Lipinski definition) is 2. The Hall–Kier alpha value is -0.540. The molecule has 0 heterocycles. The van der Waals surface area contributed by atoms with Crippen LogP contribution in [0.1, 0.15) is 26.3 Å². The second-order valence-electron chi connectivity index (χ2n) is 3.70. The molecule has 0 saturated carbocycles. The fraction of sp³-hybridized carbons (Fsp3) is 0.500. The number of halogens is 1. The predicted molar refractivity (Wildman–Crippen MR) is 67.3 cm³/mol. The smallest absolute Gasteiger partial charge is 0.120 e. The van der Waals surface area contributed by atoms with Gasteiger partial charge in [-0.3, -0.25) is 0 Å². The normalized spacial score (nSPS) is 10.7. The van der Waals surface area contributed by atoms with Gasteiger partial charge in [-0.15, -0.1) is 0 Å². The second kappa shape index (κ2) is 6.13. The molecule has 1 aromatic carbocycles. The van der Waals surface area contributed by atoms with E-state index in [0.29, 0.717) is 0 Å². The third-order valence-corrected chi connectivity index (χ3v) is 2.73. The van der Waals surface area contributed by atoms with E-state index in [9.17, 15) is 0 Å². The first-order chi connectivity index (χ1) is 7.13. The monoisotopic (exact) mass is 271 g/mol. The third kappa shape index (κ3) is 4.22. The minimum atomic E-state index is 0.221. The van der Waals surface area contributed by atoms with Crippen LogP contribution in [0.2, 0.25) is 0 Å².